The minimum absolute atomic E-state index is 0.125. The zero-order valence-electron chi connectivity index (χ0n) is 12.8. The molecule has 0 aliphatic rings. The van der Waals surface area contributed by atoms with Crippen molar-refractivity contribution in [1.82, 2.24) is 0 Å². The van der Waals surface area contributed by atoms with E-state index in [4.69, 9.17) is 0 Å². The molecule has 1 atom stereocenters. The Morgan fingerprint density at radius 2 is 1.20 bits per heavy atom. The second-order valence-corrected chi connectivity index (χ2v) is 5.68. The number of halogens is 5. The van der Waals surface area contributed by atoms with Crippen LogP contribution in [0.1, 0.15) is 11.1 Å². The lowest BCUT2D eigenvalue weighted by atomic mass is 9.78. The number of aliphatic hydroxyl groups is 1. The molecule has 130 valence electrons. The molecule has 0 saturated heterocycles. The van der Waals surface area contributed by atoms with E-state index in [0.717, 1.165) is 18.2 Å². The predicted molar refractivity (Wildman–Crippen MR) is 84.4 cm³/mol. The van der Waals surface area contributed by atoms with Crippen LogP contribution >= 0.6 is 0 Å². The van der Waals surface area contributed by atoms with Gasteiger partial charge in [-0.2, -0.15) is 22.0 Å². The Morgan fingerprint density at radius 3 is 1.84 bits per heavy atom. The maximum absolute atomic E-state index is 14.5. The monoisotopic (exact) mass is 352 g/mol. The van der Waals surface area contributed by atoms with E-state index in [2.05, 4.69) is 0 Å². The van der Waals surface area contributed by atoms with E-state index in [1.165, 1.54) is 36.4 Å². The zero-order valence-corrected chi connectivity index (χ0v) is 12.8. The molecule has 0 aromatic heterocycles. The molecular weight excluding hydrogens is 339 g/mol. The van der Waals surface area contributed by atoms with E-state index >= 15 is 0 Å². The first kappa shape index (κ1) is 17.4. The van der Waals surface area contributed by atoms with Crippen LogP contribution in [0.4, 0.5) is 22.0 Å². The molecule has 0 bridgehead atoms. The van der Waals surface area contributed by atoms with Crippen molar-refractivity contribution >= 4 is 10.8 Å². The first-order chi connectivity index (χ1) is 11.7. The molecule has 3 aromatic rings. The Labute approximate surface area is 140 Å². The third-order valence-corrected chi connectivity index (χ3v) is 4.18. The van der Waals surface area contributed by atoms with Crippen molar-refractivity contribution in [3.05, 3.63) is 83.9 Å². The Kier molecular flexibility index (Phi) is 4.03. The van der Waals surface area contributed by atoms with Crippen LogP contribution in [0.3, 0.4) is 0 Å². The van der Waals surface area contributed by atoms with Gasteiger partial charge in [0.25, 0.3) is 0 Å². The van der Waals surface area contributed by atoms with Crippen molar-refractivity contribution in [2.45, 2.75) is 17.7 Å². The van der Waals surface area contributed by atoms with Crippen molar-refractivity contribution < 1.29 is 27.1 Å². The normalized spacial score (nSPS) is 15.1. The fourth-order valence-corrected chi connectivity index (χ4v) is 2.93. The maximum atomic E-state index is 14.5. The highest BCUT2D eigenvalue weighted by Crippen LogP contribution is 2.52. The number of hydrogen-bond donors (Lipinski definition) is 1. The van der Waals surface area contributed by atoms with Gasteiger partial charge in [-0.25, -0.2) is 0 Å². The summed E-state index contributed by atoms with van der Waals surface area (Å²) < 4.78 is 68.6. The number of hydrogen-bond acceptors (Lipinski definition) is 1. The number of fused-ring (bicyclic) bond motifs is 1. The van der Waals surface area contributed by atoms with Gasteiger partial charge in [0.05, 0.1) is 0 Å². The molecule has 3 rings (SSSR count). The Balaban J connectivity index is 2.40. The smallest absolute Gasteiger partial charge is 0.374 e. The summed E-state index contributed by atoms with van der Waals surface area (Å²) in [4.78, 5) is 0. The van der Waals surface area contributed by atoms with Crippen LogP contribution in [-0.2, 0) is 5.60 Å². The SMILES string of the molecule is OC(c1ccccc1)(c1cccc2ccccc12)C(F)(F)C(F)(F)F. The minimum Gasteiger partial charge on any atom is -0.374 e. The quantitative estimate of drug-likeness (QED) is 0.637. The first-order valence-corrected chi connectivity index (χ1v) is 7.40. The van der Waals surface area contributed by atoms with Crippen LogP contribution in [-0.4, -0.2) is 17.2 Å². The van der Waals surface area contributed by atoms with Crippen LogP contribution in [0.25, 0.3) is 10.8 Å². The molecule has 0 saturated carbocycles. The summed E-state index contributed by atoms with van der Waals surface area (Å²) in [6.07, 6.45) is -5.94. The fourth-order valence-electron chi connectivity index (χ4n) is 2.93. The lowest BCUT2D eigenvalue weighted by Crippen LogP contribution is -2.55. The van der Waals surface area contributed by atoms with Crippen LogP contribution in [0.15, 0.2) is 72.8 Å². The van der Waals surface area contributed by atoms with E-state index in [-0.39, 0.29) is 5.39 Å². The average molecular weight is 352 g/mol. The topological polar surface area (TPSA) is 20.2 Å². The summed E-state index contributed by atoms with van der Waals surface area (Å²) in [7, 11) is 0. The second kappa shape index (κ2) is 5.81. The van der Waals surface area contributed by atoms with E-state index in [1.54, 1.807) is 18.2 Å². The van der Waals surface area contributed by atoms with Crippen LogP contribution in [0.2, 0.25) is 0 Å². The molecule has 0 aliphatic heterocycles. The molecule has 0 amide bonds. The number of benzene rings is 3. The van der Waals surface area contributed by atoms with Crippen molar-refractivity contribution in [2.24, 2.45) is 0 Å². The molecule has 0 aliphatic carbocycles. The van der Waals surface area contributed by atoms with Crippen LogP contribution in [0.5, 0.6) is 0 Å². The van der Waals surface area contributed by atoms with Crippen molar-refractivity contribution in [3.63, 3.8) is 0 Å². The van der Waals surface area contributed by atoms with Gasteiger partial charge in [-0.05, 0) is 16.3 Å². The number of rotatable bonds is 3. The van der Waals surface area contributed by atoms with Gasteiger partial charge < -0.3 is 5.11 Å². The minimum atomic E-state index is -5.94. The van der Waals surface area contributed by atoms with E-state index in [9.17, 15) is 27.1 Å². The second-order valence-electron chi connectivity index (χ2n) is 5.68. The third kappa shape index (κ3) is 2.57. The Hall–Kier alpha value is -2.47. The van der Waals surface area contributed by atoms with Gasteiger partial charge in [0.15, 0.2) is 5.60 Å². The van der Waals surface area contributed by atoms with E-state index < -0.39 is 28.8 Å². The lowest BCUT2D eigenvalue weighted by molar-refractivity contribution is -0.336. The third-order valence-electron chi connectivity index (χ3n) is 4.18. The molecule has 25 heavy (non-hydrogen) atoms. The molecule has 3 aromatic carbocycles. The van der Waals surface area contributed by atoms with Gasteiger partial charge in [-0.15, -0.1) is 0 Å². The Bertz CT molecular complexity index is 884. The van der Waals surface area contributed by atoms with Gasteiger partial charge in [0.1, 0.15) is 0 Å². The van der Waals surface area contributed by atoms with Crippen molar-refractivity contribution in [3.8, 4) is 0 Å². The van der Waals surface area contributed by atoms with Gasteiger partial charge in [0, 0.05) is 5.56 Å². The molecular formula is C19H13F5O. The van der Waals surface area contributed by atoms with Gasteiger partial charge >= 0.3 is 12.1 Å². The highest BCUT2D eigenvalue weighted by Gasteiger charge is 2.71. The van der Waals surface area contributed by atoms with E-state index in [1.807, 2.05) is 0 Å². The molecule has 0 radical (unpaired) electrons. The molecule has 1 N–H and O–H groups in total. The highest BCUT2D eigenvalue weighted by atomic mass is 19.4. The zero-order chi connectivity index (χ0) is 18.3. The lowest BCUT2D eigenvalue weighted by Gasteiger charge is -2.38. The largest absolute Gasteiger partial charge is 0.457 e. The summed E-state index contributed by atoms with van der Waals surface area (Å²) in [6, 6.07) is 16.3. The summed E-state index contributed by atoms with van der Waals surface area (Å²) in [5, 5.41) is 11.4. The molecule has 6 heteroatoms. The average Bonchev–Trinajstić information content (AvgIpc) is 2.60. The summed E-state index contributed by atoms with van der Waals surface area (Å²) in [5.74, 6) is -5.40. The summed E-state index contributed by atoms with van der Waals surface area (Å²) >= 11 is 0. The maximum Gasteiger partial charge on any atom is 0.457 e. The standard InChI is InChI=1S/C19H13F5O/c20-18(21,19(22,23)24)17(25,14-9-2-1-3-10-14)16-12-6-8-13-7-4-5-11-15(13)16/h1-12,25H. The van der Waals surface area contributed by atoms with Crippen molar-refractivity contribution in [2.75, 3.05) is 0 Å². The number of alkyl halides is 5. The molecule has 0 heterocycles. The van der Waals surface area contributed by atoms with Crippen molar-refractivity contribution in [1.29, 1.82) is 0 Å². The van der Waals surface area contributed by atoms with Crippen LogP contribution in [0, 0.1) is 0 Å². The van der Waals surface area contributed by atoms with Gasteiger partial charge in [0.2, 0.25) is 0 Å². The first-order valence-electron chi connectivity index (χ1n) is 7.40. The summed E-state index contributed by atoms with van der Waals surface area (Å²) in [6.45, 7) is 0. The fraction of sp³-hybridized carbons (Fsp3) is 0.158. The van der Waals surface area contributed by atoms with Crippen LogP contribution < -0.4 is 0 Å². The molecule has 0 spiro atoms. The van der Waals surface area contributed by atoms with Gasteiger partial charge in [-0.1, -0.05) is 72.8 Å². The van der Waals surface area contributed by atoms with E-state index in [0.29, 0.717) is 5.39 Å². The molecule has 1 nitrogen and oxygen atoms in total. The Morgan fingerprint density at radius 1 is 0.640 bits per heavy atom. The molecule has 0 fully saturated rings. The predicted octanol–water partition coefficient (Wildman–Crippen LogP) is 5.27. The van der Waals surface area contributed by atoms with Gasteiger partial charge in [-0.3, -0.25) is 0 Å². The summed E-state index contributed by atoms with van der Waals surface area (Å²) in [5.41, 5.74) is -4.60. The highest BCUT2D eigenvalue weighted by molar-refractivity contribution is 5.87. The molecule has 1 unspecified atom stereocenters.